The van der Waals surface area contributed by atoms with Crippen molar-refractivity contribution < 1.29 is 9.15 Å². The normalized spacial score (nSPS) is 14.3. The van der Waals surface area contributed by atoms with E-state index in [2.05, 4.69) is 77.8 Å². The van der Waals surface area contributed by atoms with Crippen LogP contribution in [0.2, 0.25) is 0 Å². The Morgan fingerprint density at radius 3 is 2.19 bits per heavy atom. The summed E-state index contributed by atoms with van der Waals surface area (Å²) < 4.78 is 12.8. The molecule has 0 atom stereocenters. The molecule has 248 valence electrons. The van der Waals surface area contributed by atoms with Crippen LogP contribution in [0.4, 0.5) is 0 Å². The van der Waals surface area contributed by atoms with Gasteiger partial charge in [-0.1, -0.05) is 79.9 Å². The molecule has 0 bridgehead atoms. The molecule has 52 heavy (non-hydrogen) atoms. The number of nitriles is 1. The molecule has 0 saturated heterocycles. The van der Waals surface area contributed by atoms with Gasteiger partial charge in [-0.25, -0.2) is 9.97 Å². The summed E-state index contributed by atoms with van der Waals surface area (Å²) in [6.45, 7) is 0. The van der Waals surface area contributed by atoms with Crippen molar-refractivity contribution in [2.45, 2.75) is 37.5 Å². The molecule has 0 radical (unpaired) electrons. The van der Waals surface area contributed by atoms with Gasteiger partial charge in [0.25, 0.3) is 0 Å². The quantitative estimate of drug-likeness (QED) is 0.182. The largest absolute Gasteiger partial charge is 0.456 e. The fourth-order valence-corrected chi connectivity index (χ4v) is 8.53. The molecule has 1 spiro atoms. The molecule has 10 rings (SSSR count). The monoisotopic (exact) mass is 671 g/mol. The molecular formula is C47H33N3O2. The van der Waals surface area contributed by atoms with Crippen LogP contribution < -0.4 is 4.74 Å². The van der Waals surface area contributed by atoms with Gasteiger partial charge in [-0.3, -0.25) is 0 Å². The summed E-state index contributed by atoms with van der Waals surface area (Å²) in [5.41, 5.74) is 12.9. The molecule has 0 amide bonds. The van der Waals surface area contributed by atoms with Crippen molar-refractivity contribution in [2.75, 3.05) is 0 Å². The zero-order chi connectivity index (χ0) is 34.6. The Hall–Kier alpha value is -6.51. The molecule has 2 heterocycles. The summed E-state index contributed by atoms with van der Waals surface area (Å²) in [5.74, 6) is 1.80. The van der Waals surface area contributed by atoms with Crippen molar-refractivity contribution in [1.82, 2.24) is 9.97 Å². The number of furan rings is 1. The van der Waals surface area contributed by atoms with Gasteiger partial charge in [0.15, 0.2) is 11.6 Å². The van der Waals surface area contributed by atoms with Gasteiger partial charge >= 0.3 is 0 Å². The predicted molar refractivity (Wildman–Crippen MR) is 206 cm³/mol. The van der Waals surface area contributed by atoms with Crippen molar-refractivity contribution in [1.29, 1.82) is 5.26 Å². The van der Waals surface area contributed by atoms with E-state index in [-0.39, 0.29) is 5.41 Å². The second-order valence-corrected chi connectivity index (χ2v) is 14.0. The van der Waals surface area contributed by atoms with Crippen molar-refractivity contribution in [2.24, 2.45) is 0 Å². The first kappa shape index (κ1) is 30.3. The Bertz CT molecular complexity index is 2700. The number of aromatic nitrogens is 2. The minimum Gasteiger partial charge on any atom is -0.456 e. The molecule has 0 N–H and O–H groups in total. The van der Waals surface area contributed by atoms with Crippen LogP contribution in [0.3, 0.4) is 0 Å². The Labute approximate surface area is 301 Å². The number of fused-ring (bicyclic) bond motifs is 8. The molecule has 5 nitrogen and oxygen atoms in total. The second-order valence-electron chi connectivity index (χ2n) is 14.0. The van der Waals surface area contributed by atoms with E-state index in [4.69, 9.17) is 14.1 Å². The zero-order valence-corrected chi connectivity index (χ0v) is 28.5. The fraction of sp³-hybridized carbons (Fsp3) is 0.128. The van der Waals surface area contributed by atoms with Crippen LogP contribution in [0.25, 0.3) is 66.8 Å². The van der Waals surface area contributed by atoms with Crippen LogP contribution in [0.1, 0.15) is 48.8 Å². The lowest BCUT2D eigenvalue weighted by Gasteiger charge is -2.36. The van der Waals surface area contributed by atoms with Crippen LogP contribution in [0, 0.1) is 11.3 Å². The molecule has 2 aliphatic rings. The zero-order valence-electron chi connectivity index (χ0n) is 28.5. The maximum absolute atomic E-state index is 9.29. The van der Waals surface area contributed by atoms with E-state index >= 15 is 0 Å². The van der Waals surface area contributed by atoms with E-state index in [0.29, 0.717) is 28.6 Å². The molecule has 2 aromatic heterocycles. The van der Waals surface area contributed by atoms with Gasteiger partial charge in [-0.15, -0.1) is 0 Å². The summed E-state index contributed by atoms with van der Waals surface area (Å²) in [6.07, 6.45) is 8.02. The van der Waals surface area contributed by atoms with Gasteiger partial charge in [-0.05, 0) is 119 Å². The number of benzene rings is 6. The first-order valence-corrected chi connectivity index (χ1v) is 18.0. The Morgan fingerprint density at radius 2 is 1.35 bits per heavy atom. The fourth-order valence-electron chi connectivity index (χ4n) is 8.53. The van der Waals surface area contributed by atoms with Crippen molar-refractivity contribution in [3.8, 4) is 62.5 Å². The average Bonchev–Trinajstić information content (AvgIpc) is 3.70. The van der Waals surface area contributed by atoms with Gasteiger partial charge in [-0.2, -0.15) is 5.26 Å². The summed E-state index contributed by atoms with van der Waals surface area (Å²) in [6, 6.07) is 48.0. The number of ether oxygens (including phenoxy) is 1. The molecule has 0 unspecified atom stereocenters. The summed E-state index contributed by atoms with van der Waals surface area (Å²) in [5, 5.41) is 11.3. The van der Waals surface area contributed by atoms with Gasteiger partial charge in [0.1, 0.15) is 22.6 Å². The lowest BCUT2D eigenvalue weighted by molar-refractivity contribution is 0.353. The summed E-state index contributed by atoms with van der Waals surface area (Å²) in [7, 11) is 0. The van der Waals surface area contributed by atoms with E-state index in [0.717, 1.165) is 38.6 Å². The second kappa shape index (κ2) is 12.1. The van der Waals surface area contributed by atoms with Crippen molar-refractivity contribution in [3.05, 3.63) is 156 Å². The molecule has 8 aromatic rings. The van der Waals surface area contributed by atoms with Crippen molar-refractivity contribution >= 4 is 21.9 Å². The van der Waals surface area contributed by atoms with Crippen LogP contribution in [-0.4, -0.2) is 9.97 Å². The highest BCUT2D eigenvalue weighted by molar-refractivity contribution is 6.07. The number of hydrogen-bond donors (Lipinski definition) is 0. The van der Waals surface area contributed by atoms with E-state index in [1.54, 1.807) is 18.3 Å². The van der Waals surface area contributed by atoms with Crippen LogP contribution in [0.5, 0.6) is 11.5 Å². The number of nitrogens with zero attached hydrogens (tertiary/aromatic N) is 3. The smallest absolute Gasteiger partial charge is 0.172 e. The molecule has 5 heteroatoms. The standard InChI is InChI=1S/C47H33N3O2/c48-28-30-13-15-31(16-14-30)46-49-29-44(51-35-9-3-1-4-10-35)45(50-46)34-19-22-42-39(25-34)38-21-18-33(27-43(38)52-42)32-17-20-37-36-11-5-6-12-40(36)47(41(37)26-32)23-7-2-8-24-47/h1,3-6,9-22,25-27,29H,2,7-8,23-24H2. The van der Waals surface area contributed by atoms with Crippen molar-refractivity contribution in [3.63, 3.8) is 0 Å². The van der Waals surface area contributed by atoms with E-state index in [1.165, 1.54) is 59.9 Å². The van der Waals surface area contributed by atoms with Crippen LogP contribution >= 0.6 is 0 Å². The van der Waals surface area contributed by atoms with Crippen LogP contribution in [-0.2, 0) is 5.41 Å². The Kier molecular flexibility index (Phi) is 7.04. The summed E-state index contributed by atoms with van der Waals surface area (Å²) in [4.78, 5) is 9.67. The molecule has 1 saturated carbocycles. The lowest BCUT2D eigenvalue weighted by Crippen LogP contribution is -2.28. The van der Waals surface area contributed by atoms with Gasteiger partial charge in [0, 0.05) is 27.3 Å². The summed E-state index contributed by atoms with van der Waals surface area (Å²) >= 11 is 0. The highest BCUT2D eigenvalue weighted by Gasteiger charge is 2.43. The third kappa shape index (κ3) is 4.91. The maximum atomic E-state index is 9.29. The van der Waals surface area contributed by atoms with E-state index in [9.17, 15) is 5.26 Å². The number of hydrogen-bond acceptors (Lipinski definition) is 5. The minimum atomic E-state index is 0.115. The van der Waals surface area contributed by atoms with Gasteiger partial charge in [0.05, 0.1) is 17.8 Å². The maximum Gasteiger partial charge on any atom is 0.172 e. The Balaban J connectivity index is 1.05. The lowest BCUT2D eigenvalue weighted by atomic mass is 9.67. The predicted octanol–water partition coefficient (Wildman–Crippen LogP) is 12.3. The molecular weight excluding hydrogens is 639 g/mol. The highest BCUT2D eigenvalue weighted by Crippen LogP contribution is 2.56. The van der Waals surface area contributed by atoms with Crippen LogP contribution in [0.15, 0.2) is 144 Å². The topological polar surface area (TPSA) is 71.9 Å². The van der Waals surface area contributed by atoms with E-state index < -0.39 is 0 Å². The highest BCUT2D eigenvalue weighted by atomic mass is 16.5. The SMILES string of the molecule is N#Cc1ccc(-c2ncc(Oc3ccccc3)c(-c3ccc4oc5cc(-c6ccc7c(c6)C6(CCCCC6)c6ccccc6-7)ccc5c4c3)n2)cc1. The molecule has 1 fully saturated rings. The minimum absolute atomic E-state index is 0.115. The van der Waals surface area contributed by atoms with E-state index in [1.807, 2.05) is 54.6 Å². The average molecular weight is 672 g/mol. The molecule has 6 aromatic carbocycles. The van der Waals surface area contributed by atoms with Gasteiger partial charge < -0.3 is 9.15 Å². The number of para-hydroxylation sites is 1. The third-order valence-corrected chi connectivity index (χ3v) is 11.1. The number of rotatable bonds is 5. The van der Waals surface area contributed by atoms with Gasteiger partial charge in [0.2, 0.25) is 0 Å². The Morgan fingerprint density at radius 1 is 0.615 bits per heavy atom. The first-order valence-electron chi connectivity index (χ1n) is 18.0. The first-order chi connectivity index (χ1) is 25.7. The molecule has 0 aliphatic heterocycles. The third-order valence-electron chi connectivity index (χ3n) is 11.1. The molecule has 2 aliphatic carbocycles.